The molecule has 1 saturated carbocycles. The van der Waals surface area contributed by atoms with Crippen molar-refractivity contribution in [3.63, 3.8) is 0 Å². The highest BCUT2D eigenvalue weighted by molar-refractivity contribution is 5.80. The molecular formula is C16H28N2O3. The number of likely N-dealkylation sites (tertiary alicyclic amines) is 1. The first-order valence-electron chi connectivity index (χ1n) is 8.31. The minimum absolute atomic E-state index is 0.133. The number of rotatable bonds is 4. The number of nitrogens with two attached hydrogens (primary N) is 1. The minimum Gasteiger partial charge on any atom is -0.466 e. The molecule has 21 heavy (non-hydrogen) atoms. The number of ether oxygens (including phenoxy) is 1. The van der Waals surface area contributed by atoms with Gasteiger partial charge in [0.1, 0.15) is 0 Å². The number of nitrogens with zero attached hydrogens (tertiary/aromatic N) is 1. The zero-order valence-corrected chi connectivity index (χ0v) is 13.1. The van der Waals surface area contributed by atoms with E-state index in [-0.39, 0.29) is 23.7 Å². The second-order valence-electron chi connectivity index (χ2n) is 6.33. The number of piperidine rings is 1. The van der Waals surface area contributed by atoms with Gasteiger partial charge in [-0.3, -0.25) is 9.59 Å². The Labute approximate surface area is 127 Å². The quantitative estimate of drug-likeness (QED) is 0.799. The van der Waals surface area contributed by atoms with E-state index in [1.807, 2.05) is 11.8 Å². The number of amides is 1. The summed E-state index contributed by atoms with van der Waals surface area (Å²) >= 11 is 0. The number of hydrogen-bond acceptors (Lipinski definition) is 4. The molecule has 2 fully saturated rings. The standard InChI is InChI=1S/C16H28N2O3/c1-2-21-16(20)14-4-3-9-18(11-14)15(19)13-7-5-12(10-17)6-8-13/h12-14H,2-11,17H2,1H3. The van der Waals surface area contributed by atoms with E-state index in [1.165, 1.54) is 0 Å². The Kier molecular flexibility index (Phi) is 6.03. The molecule has 5 heteroatoms. The Balaban J connectivity index is 1.86. The summed E-state index contributed by atoms with van der Waals surface area (Å²) < 4.78 is 5.09. The number of esters is 1. The van der Waals surface area contributed by atoms with Crippen LogP contribution < -0.4 is 5.73 Å². The van der Waals surface area contributed by atoms with Gasteiger partial charge in [-0.2, -0.15) is 0 Å². The van der Waals surface area contributed by atoms with Crippen molar-refractivity contribution >= 4 is 11.9 Å². The van der Waals surface area contributed by atoms with Crippen molar-refractivity contribution < 1.29 is 14.3 Å². The Morgan fingerprint density at radius 1 is 1.14 bits per heavy atom. The van der Waals surface area contributed by atoms with Crippen LogP contribution in [0.1, 0.15) is 45.4 Å². The van der Waals surface area contributed by atoms with E-state index in [9.17, 15) is 9.59 Å². The maximum atomic E-state index is 12.6. The molecule has 0 aromatic carbocycles. The number of carbonyl (C=O) groups is 2. The predicted molar refractivity (Wildman–Crippen MR) is 80.4 cm³/mol. The molecule has 1 atom stereocenters. The van der Waals surface area contributed by atoms with Crippen molar-refractivity contribution in [3.05, 3.63) is 0 Å². The summed E-state index contributed by atoms with van der Waals surface area (Å²) in [7, 11) is 0. The van der Waals surface area contributed by atoms with Crippen molar-refractivity contribution in [2.24, 2.45) is 23.5 Å². The summed E-state index contributed by atoms with van der Waals surface area (Å²) in [5, 5.41) is 0. The maximum Gasteiger partial charge on any atom is 0.310 e. The minimum atomic E-state index is -0.151. The number of hydrogen-bond donors (Lipinski definition) is 1. The molecular weight excluding hydrogens is 268 g/mol. The Morgan fingerprint density at radius 2 is 1.86 bits per heavy atom. The van der Waals surface area contributed by atoms with Crippen molar-refractivity contribution in [2.75, 3.05) is 26.2 Å². The van der Waals surface area contributed by atoms with E-state index in [0.717, 1.165) is 51.6 Å². The molecule has 0 bridgehead atoms. The molecule has 1 unspecified atom stereocenters. The van der Waals surface area contributed by atoms with Crippen LogP contribution in [0.2, 0.25) is 0 Å². The fourth-order valence-corrected chi connectivity index (χ4v) is 3.53. The van der Waals surface area contributed by atoms with Crippen LogP contribution in [0.4, 0.5) is 0 Å². The highest BCUT2D eigenvalue weighted by atomic mass is 16.5. The first-order valence-corrected chi connectivity index (χ1v) is 8.31. The smallest absolute Gasteiger partial charge is 0.310 e. The summed E-state index contributed by atoms with van der Waals surface area (Å²) in [6.07, 6.45) is 5.74. The van der Waals surface area contributed by atoms with Gasteiger partial charge in [-0.05, 0) is 57.9 Å². The maximum absolute atomic E-state index is 12.6. The van der Waals surface area contributed by atoms with Crippen LogP contribution in [0.25, 0.3) is 0 Å². The third-order valence-electron chi connectivity index (χ3n) is 4.88. The van der Waals surface area contributed by atoms with Gasteiger partial charge in [-0.1, -0.05) is 0 Å². The Bertz CT molecular complexity index is 365. The lowest BCUT2D eigenvalue weighted by molar-refractivity contribution is -0.152. The van der Waals surface area contributed by atoms with Gasteiger partial charge in [0, 0.05) is 19.0 Å². The molecule has 1 saturated heterocycles. The van der Waals surface area contributed by atoms with E-state index < -0.39 is 0 Å². The van der Waals surface area contributed by atoms with Gasteiger partial charge in [-0.15, -0.1) is 0 Å². The van der Waals surface area contributed by atoms with Crippen LogP contribution in [0.3, 0.4) is 0 Å². The molecule has 2 N–H and O–H groups in total. The van der Waals surface area contributed by atoms with Gasteiger partial charge in [0.25, 0.3) is 0 Å². The molecule has 2 rings (SSSR count). The lowest BCUT2D eigenvalue weighted by Gasteiger charge is -2.36. The normalized spacial score (nSPS) is 30.0. The van der Waals surface area contributed by atoms with Gasteiger partial charge in [0.2, 0.25) is 5.91 Å². The fraction of sp³-hybridized carbons (Fsp3) is 0.875. The van der Waals surface area contributed by atoms with Gasteiger partial charge in [0.15, 0.2) is 0 Å². The molecule has 0 aromatic rings. The van der Waals surface area contributed by atoms with Crippen LogP contribution in [0.15, 0.2) is 0 Å². The first kappa shape index (κ1) is 16.3. The summed E-state index contributed by atoms with van der Waals surface area (Å²) in [4.78, 5) is 26.4. The van der Waals surface area contributed by atoms with Gasteiger partial charge in [-0.25, -0.2) is 0 Å². The monoisotopic (exact) mass is 296 g/mol. The Morgan fingerprint density at radius 3 is 2.48 bits per heavy atom. The summed E-state index contributed by atoms with van der Waals surface area (Å²) in [6, 6.07) is 0. The van der Waals surface area contributed by atoms with E-state index >= 15 is 0 Å². The highest BCUT2D eigenvalue weighted by Gasteiger charge is 2.34. The fourth-order valence-electron chi connectivity index (χ4n) is 3.53. The Hall–Kier alpha value is -1.10. The zero-order valence-electron chi connectivity index (χ0n) is 13.1. The molecule has 5 nitrogen and oxygen atoms in total. The molecule has 0 radical (unpaired) electrons. The molecule has 1 aliphatic heterocycles. The lowest BCUT2D eigenvalue weighted by Crippen LogP contribution is -2.46. The van der Waals surface area contributed by atoms with Crippen molar-refractivity contribution in [2.45, 2.75) is 45.4 Å². The molecule has 1 heterocycles. The van der Waals surface area contributed by atoms with Gasteiger partial charge in [0.05, 0.1) is 12.5 Å². The van der Waals surface area contributed by atoms with Crippen molar-refractivity contribution in [1.29, 1.82) is 0 Å². The molecule has 2 aliphatic rings. The van der Waals surface area contributed by atoms with E-state index in [2.05, 4.69) is 0 Å². The topological polar surface area (TPSA) is 72.6 Å². The van der Waals surface area contributed by atoms with Crippen molar-refractivity contribution in [3.8, 4) is 0 Å². The lowest BCUT2D eigenvalue weighted by atomic mass is 9.81. The number of carbonyl (C=O) groups excluding carboxylic acids is 2. The second-order valence-corrected chi connectivity index (χ2v) is 6.33. The SMILES string of the molecule is CCOC(=O)C1CCCN(C(=O)C2CCC(CN)CC2)C1. The van der Waals surface area contributed by atoms with E-state index in [0.29, 0.717) is 19.1 Å². The summed E-state index contributed by atoms with van der Waals surface area (Å²) in [5.74, 6) is 0.667. The second kappa shape index (κ2) is 7.78. The molecule has 0 spiro atoms. The first-order chi connectivity index (χ1) is 10.2. The van der Waals surface area contributed by atoms with Crippen LogP contribution in [0, 0.1) is 17.8 Å². The average molecular weight is 296 g/mol. The molecule has 120 valence electrons. The third kappa shape index (κ3) is 4.19. The molecule has 1 aliphatic carbocycles. The average Bonchev–Trinajstić information content (AvgIpc) is 2.54. The third-order valence-corrected chi connectivity index (χ3v) is 4.88. The van der Waals surface area contributed by atoms with Crippen molar-refractivity contribution in [1.82, 2.24) is 4.90 Å². The van der Waals surface area contributed by atoms with Gasteiger partial charge >= 0.3 is 5.97 Å². The molecule has 0 aromatic heterocycles. The van der Waals surface area contributed by atoms with Gasteiger partial charge < -0.3 is 15.4 Å². The van der Waals surface area contributed by atoms with Crippen LogP contribution in [0.5, 0.6) is 0 Å². The van der Waals surface area contributed by atoms with E-state index in [1.54, 1.807) is 0 Å². The molecule has 1 amide bonds. The largest absolute Gasteiger partial charge is 0.466 e. The van der Waals surface area contributed by atoms with Crippen LogP contribution in [-0.2, 0) is 14.3 Å². The van der Waals surface area contributed by atoms with Crippen LogP contribution >= 0.6 is 0 Å². The summed E-state index contributed by atoms with van der Waals surface area (Å²) in [6.45, 7) is 4.28. The highest BCUT2D eigenvalue weighted by Crippen LogP contribution is 2.30. The summed E-state index contributed by atoms with van der Waals surface area (Å²) in [5.41, 5.74) is 5.70. The van der Waals surface area contributed by atoms with Crippen LogP contribution in [-0.4, -0.2) is 43.0 Å². The predicted octanol–water partition coefficient (Wildman–Crippen LogP) is 1.55. The zero-order chi connectivity index (χ0) is 15.2. The van der Waals surface area contributed by atoms with E-state index in [4.69, 9.17) is 10.5 Å².